The first kappa shape index (κ1) is 8.45. The van der Waals surface area contributed by atoms with Crippen molar-refractivity contribution in [2.75, 3.05) is 19.6 Å². The van der Waals surface area contributed by atoms with Gasteiger partial charge in [-0.1, -0.05) is 9.39 Å². The zero-order chi connectivity index (χ0) is 7.40. The van der Waals surface area contributed by atoms with Crippen LogP contribution in [0, 0.1) is 0 Å². The molecule has 2 atom stereocenters. The maximum atomic E-state index is 3.17. The lowest BCUT2D eigenvalue weighted by molar-refractivity contribution is 0.315. The Bertz CT molecular complexity index is 91.6. The SMILES string of the molecule is C[C@@H](CN1CCCC1)NP. The van der Waals surface area contributed by atoms with E-state index in [1.165, 1.54) is 32.5 Å². The first-order chi connectivity index (χ1) is 4.83. The Balaban J connectivity index is 2.11. The van der Waals surface area contributed by atoms with Crippen molar-refractivity contribution in [1.82, 2.24) is 9.99 Å². The molecule has 0 saturated carbocycles. The van der Waals surface area contributed by atoms with E-state index in [9.17, 15) is 0 Å². The Labute approximate surface area is 65.6 Å². The van der Waals surface area contributed by atoms with E-state index in [2.05, 4.69) is 26.3 Å². The molecule has 0 spiro atoms. The highest BCUT2D eigenvalue weighted by Gasteiger charge is 2.12. The molecule has 0 aliphatic carbocycles. The van der Waals surface area contributed by atoms with E-state index in [1.54, 1.807) is 0 Å². The average Bonchev–Trinajstić information content (AvgIpc) is 2.40. The van der Waals surface area contributed by atoms with Crippen molar-refractivity contribution in [2.45, 2.75) is 25.8 Å². The standard InChI is InChI=1S/C7H17N2P/c1-7(8-10)6-9-4-2-3-5-9/h7-8H,2-6,10H2,1H3/t7-/m0/s1. The predicted molar refractivity (Wildman–Crippen MR) is 48.0 cm³/mol. The molecule has 1 saturated heterocycles. The van der Waals surface area contributed by atoms with Crippen LogP contribution in [-0.4, -0.2) is 30.6 Å². The largest absolute Gasteiger partial charge is 0.302 e. The molecule has 1 heterocycles. The summed E-state index contributed by atoms with van der Waals surface area (Å²) in [7, 11) is 2.57. The number of nitrogens with zero attached hydrogens (tertiary/aromatic N) is 1. The van der Waals surface area contributed by atoms with Gasteiger partial charge in [0.15, 0.2) is 0 Å². The average molecular weight is 160 g/mol. The fourth-order valence-electron chi connectivity index (χ4n) is 1.41. The number of nitrogens with one attached hydrogen (secondary N) is 1. The van der Waals surface area contributed by atoms with Gasteiger partial charge in [0.2, 0.25) is 0 Å². The molecule has 0 radical (unpaired) electrons. The fraction of sp³-hybridized carbons (Fsp3) is 1.00. The molecule has 0 aromatic heterocycles. The van der Waals surface area contributed by atoms with Crippen LogP contribution in [0.4, 0.5) is 0 Å². The molecular weight excluding hydrogens is 143 g/mol. The monoisotopic (exact) mass is 160 g/mol. The van der Waals surface area contributed by atoms with Gasteiger partial charge < -0.3 is 4.90 Å². The van der Waals surface area contributed by atoms with Crippen LogP contribution in [0.5, 0.6) is 0 Å². The zero-order valence-electron chi connectivity index (χ0n) is 6.64. The van der Waals surface area contributed by atoms with Crippen molar-refractivity contribution in [1.29, 1.82) is 0 Å². The van der Waals surface area contributed by atoms with Gasteiger partial charge in [0, 0.05) is 12.6 Å². The van der Waals surface area contributed by atoms with E-state index >= 15 is 0 Å². The summed E-state index contributed by atoms with van der Waals surface area (Å²) < 4.78 is 0. The summed E-state index contributed by atoms with van der Waals surface area (Å²) >= 11 is 0. The molecule has 10 heavy (non-hydrogen) atoms. The Morgan fingerprint density at radius 2 is 2.10 bits per heavy atom. The molecule has 0 amide bonds. The number of rotatable bonds is 3. The third-order valence-corrected chi connectivity index (χ3v) is 2.58. The molecule has 2 nitrogen and oxygen atoms in total. The van der Waals surface area contributed by atoms with Gasteiger partial charge in [-0.2, -0.15) is 0 Å². The number of likely N-dealkylation sites (tertiary alicyclic amines) is 1. The van der Waals surface area contributed by atoms with Crippen LogP contribution >= 0.6 is 9.39 Å². The van der Waals surface area contributed by atoms with Gasteiger partial charge in [-0.25, -0.2) is 0 Å². The van der Waals surface area contributed by atoms with Crippen LogP contribution in [0.3, 0.4) is 0 Å². The summed E-state index contributed by atoms with van der Waals surface area (Å²) in [6, 6.07) is 0.614. The molecule has 1 fully saturated rings. The summed E-state index contributed by atoms with van der Waals surface area (Å²) in [5, 5.41) is 3.17. The van der Waals surface area contributed by atoms with Crippen molar-refractivity contribution in [3.63, 3.8) is 0 Å². The lowest BCUT2D eigenvalue weighted by Gasteiger charge is -2.18. The summed E-state index contributed by atoms with van der Waals surface area (Å²) in [6.07, 6.45) is 2.78. The van der Waals surface area contributed by atoms with Gasteiger partial charge in [-0.05, 0) is 32.9 Å². The summed E-state index contributed by atoms with van der Waals surface area (Å²) in [5.41, 5.74) is 0. The molecule has 1 rings (SSSR count). The molecule has 0 bridgehead atoms. The molecule has 60 valence electrons. The highest BCUT2D eigenvalue weighted by Crippen LogP contribution is 2.07. The lowest BCUT2D eigenvalue weighted by atomic mass is 10.3. The van der Waals surface area contributed by atoms with E-state index in [1.807, 2.05) is 0 Å². The van der Waals surface area contributed by atoms with Crippen molar-refractivity contribution in [2.24, 2.45) is 0 Å². The van der Waals surface area contributed by atoms with Crippen LogP contribution < -0.4 is 5.09 Å². The fourth-order valence-corrected chi connectivity index (χ4v) is 1.51. The number of hydrogen-bond donors (Lipinski definition) is 1. The normalized spacial score (nSPS) is 23.4. The van der Waals surface area contributed by atoms with Crippen LogP contribution in [0.2, 0.25) is 0 Å². The second-order valence-corrected chi connectivity index (χ2v) is 3.41. The van der Waals surface area contributed by atoms with Crippen molar-refractivity contribution >= 4 is 9.39 Å². The first-order valence-electron chi connectivity index (χ1n) is 4.01. The van der Waals surface area contributed by atoms with E-state index in [-0.39, 0.29) is 0 Å². The minimum Gasteiger partial charge on any atom is -0.302 e. The molecule has 0 aromatic carbocycles. The van der Waals surface area contributed by atoms with E-state index in [0.29, 0.717) is 6.04 Å². The van der Waals surface area contributed by atoms with Crippen molar-refractivity contribution in [3.8, 4) is 0 Å². The Kier molecular flexibility index (Phi) is 3.61. The molecule has 3 heteroatoms. The molecular formula is C7H17N2P. The second-order valence-electron chi connectivity index (χ2n) is 3.08. The van der Waals surface area contributed by atoms with E-state index in [0.717, 1.165) is 0 Å². The highest BCUT2D eigenvalue weighted by atomic mass is 31.0. The molecule has 1 N–H and O–H groups in total. The first-order valence-corrected chi connectivity index (χ1v) is 4.59. The zero-order valence-corrected chi connectivity index (χ0v) is 7.79. The van der Waals surface area contributed by atoms with Crippen LogP contribution in [0.15, 0.2) is 0 Å². The maximum absolute atomic E-state index is 3.17. The minimum absolute atomic E-state index is 0.614. The summed E-state index contributed by atoms with van der Waals surface area (Å²) in [4.78, 5) is 2.52. The molecule has 0 aromatic rings. The lowest BCUT2D eigenvalue weighted by Crippen LogP contribution is -2.33. The van der Waals surface area contributed by atoms with Gasteiger partial charge in [0.25, 0.3) is 0 Å². The van der Waals surface area contributed by atoms with Gasteiger partial charge in [0.1, 0.15) is 0 Å². The van der Waals surface area contributed by atoms with Crippen LogP contribution in [-0.2, 0) is 0 Å². The van der Waals surface area contributed by atoms with Gasteiger partial charge >= 0.3 is 0 Å². The third-order valence-electron chi connectivity index (χ3n) is 2.02. The maximum Gasteiger partial charge on any atom is 0.0198 e. The van der Waals surface area contributed by atoms with E-state index < -0.39 is 0 Å². The topological polar surface area (TPSA) is 15.3 Å². The smallest absolute Gasteiger partial charge is 0.0198 e. The highest BCUT2D eigenvalue weighted by molar-refractivity contribution is 7.13. The summed E-state index contributed by atoms with van der Waals surface area (Å²) in [6.45, 7) is 6.02. The second kappa shape index (κ2) is 4.27. The van der Waals surface area contributed by atoms with Crippen molar-refractivity contribution in [3.05, 3.63) is 0 Å². The Hall–Kier alpha value is 0.350. The Morgan fingerprint density at radius 3 is 2.60 bits per heavy atom. The van der Waals surface area contributed by atoms with Crippen molar-refractivity contribution < 1.29 is 0 Å². The van der Waals surface area contributed by atoms with Gasteiger partial charge in [-0.15, -0.1) is 0 Å². The minimum atomic E-state index is 0.614. The third kappa shape index (κ3) is 2.53. The molecule has 1 unspecified atom stereocenters. The quantitative estimate of drug-likeness (QED) is 0.616. The van der Waals surface area contributed by atoms with Gasteiger partial charge in [-0.3, -0.25) is 5.09 Å². The van der Waals surface area contributed by atoms with E-state index in [4.69, 9.17) is 0 Å². The number of hydrogen-bond acceptors (Lipinski definition) is 2. The van der Waals surface area contributed by atoms with Crippen LogP contribution in [0.25, 0.3) is 0 Å². The molecule has 1 aliphatic rings. The van der Waals surface area contributed by atoms with Crippen LogP contribution in [0.1, 0.15) is 19.8 Å². The van der Waals surface area contributed by atoms with Gasteiger partial charge in [0.05, 0.1) is 0 Å². The Morgan fingerprint density at radius 1 is 1.50 bits per heavy atom. The molecule has 1 aliphatic heterocycles. The predicted octanol–water partition coefficient (Wildman–Crippen LogP) is 0.850. The summed E-state index contributed by atoms with van der Waals surface area (Å²) in [5.74, 6) is 0.